The summed E-state index contributed by atoms with van der Waals surface area (Å²) in [4.78, 5) is 11.7. The van der Waals surface area contributed by atoms with Crippen LogP contribution in [0.1, 0.15) is 15.9 Å². The van der Waals surface area contributed by atoms with Gasteiger partial charge in [0.15, 0.2) is 0 Å². The van der Waals surface area contributed by atoms with Gasteiger partial charge in [0.05, 0.1) is 17.7 Å². The first kappa shape index (κ1) is 15.6. The van der Waals surface area contributed by atoms with Crippen molar-refractivity contribution < 1.29 is 13.9 Å². The Morgan fingerprint density at radius 1 is 1.24 bits per heavy atom. The van der Waals surface area contributed by atoms with E-state index in [1.165, 1.54) is 25.3 Å². The maximum Gasteiger partial charge on any atom is 0.340 e. The third-order valence-electron chi connectivity index (χ3n) is 2.85. The molecule has 0 saturated heterocycles. The summed E-state index contributed by atoms with van der Waals surface area (Å²) in [5, 5.41) is 3.57. The fourth-order valence-electron chi connectivity index (χ4n) is 1.80. The van der Waals surface area contributed by atoms with Gasteiger partial charge < -0.3 is 10.1 Å². The van der Waals surface area contributed by atoms with Crippen molar-refractivity contribution in [1.82, 2.24) is 0 Å². The minimum absolute atomic E-state index is 0.0543. The van der Waals surface area contributed by atoms with Crippen molar-refractivity contribution in [3.05, 3.63) is 63.4 Å². The SMILES string of the molecule is COC(=O)c1cc(Cl)ccc1NCc1ccc(F)c(Cl)c1. The molecule has 0 saturated carbocycles. The Labute approximate surface area is 131 Å². The van der Waals surface area contributed by atoms with E-state index in [4.69, 9.17) is 27.9 Å². The maximum atomic E-state index is 13.1. The molecule has 0 bridgehead atoms. The molecule has 2 aromatic carbocycles. The van der Waals surface area contributed by atoms with Crippen LogP contribution in [0.15, 0.2) is 36.4 Å². The van der Waals surface area contributed by atoms with Crippen molar-refractivity contribution in [2.75, 3.05) is 12.4 Å². The molecule has 0 fully saturated rings. The lowest BCUT2D eigenvalue weighted by Gasteiger charge is -2.11. The highest BCUT2D eigenvalue weighted by Gasteiger charge is 2.12. The molecule has 0 aliphatic rings. The van der Waals surface area contributed by atoms with Gasteiger partial charge in [0.2, 0.25) is 0 Å². The van der Waals surface area contributed by atoms with Crippen LogP contribution >= 0.6 is 23.2 Å². The average Bonchev–Trinajstić information content (AvgIpc) is 2.48. The molecule has 0 amide bonds. The Hall–Kier alpha value is -1.78. The summed E-state index contributed by atoms with van der Waals surface area (Å²) in [7, 11) is 1.30. The number of carbonyl (C=O) groups is 1. The fraction of sp³-hybridized carbons (Fsp3) is 0.133. The second kappa shape index (κ2) is 6.78. The Morgan fingerprint density at radius 3 is 2.67 bits per heavy atom. The molecule has 0 spiro atoms. The van der Waals surface area contributed by atoms with E-state index < -0.39 is 11.8 Å². The van der Waals surface area contributed by atoms with Crippen LogP contribution in [0.2, 0.25) is 10.0 Å². The van der Waals surface area contributed by atoms with E-state index in [2.05, 4.69) is 5.32 Å². The zero-order valence-corrected chi connectivity index (χ0v) is 12.6. The van der Waals surface area contributed by atoms with Gasteiger partial charge in [-0.25, -0.2) is 9.18 Å². The molecule has 6 heteroatoms. The van der Waals surface area contributed by atoms with Crippen molar-refractivity contribution in [3.8, 4) is 0 Å². The van der Waals surface area contributed by atoms with Gasteiger partial charge in [0.1, 0.15) is 5.82 Å². The van der Waals surface area contributed by atoms with Gasteiger partial charge in [0.25, 0.3) is 0 Å². The van der Waals surface area contributed by atoms with Gasteiger partial charge in [-0.15, -0.1) is 0 Å². The topological polar surface area (TPSA) is 38.3 Å². The first-order chi connectivity index (χ1) is 10.0. The molecule has 0 aliphatic heterocycles. The summed E-state index contributed by atoms with van der Waals surface area (Å²) >= 11 is 11.6. The van der Waals surface area contributed by atoms with Crippen LogP contribution in [0.4, 0.5) is 10.1 Å². The maximum absolute atomic E-state index is 13.1. The number of rotatable bonds is 4. The molecule has 3 nitrogen and oxygen atoms in total. The minimum Gasteiger partial charge on any atom is -0.465 e. The number of hydrogen-bond donors (Lipinski definition) is 1. The molecule has 0 unspecified atom stereocenters. The molecule has 1 N–H and O–H groups in total. The van der Waals surface area contributed by atoms with Crippen LogP contribution in [-0.4, -0.2) is 13.1 Å². The van der Waals surface area contributed by atoms with Crippen LogP contribution in [0.25, 0.3) is 0 Å². The van der Waals surface area contributed by atoms with Gasteiger partial charge in [-0.3, -0.25) is 0 Å². The summed E-state index contributed by atoms with van der Waals surface area (Å²) < 4.78 is 17.8. The molecule has 21 heavy (non-hydrogen) atoms. The van der Waals surface area contributed by atoms with E-state index in [0.717, 1.165) is 5.56 Å². The van der Waals surface area contributed by atoms with E-state index in [1.54, 1.807) is 18.2 Å². The number of methoxy groups -OCH3 is 1. The first-order valence-corrected chi connectivity index (χ1v) is 6.82. The van der Waals surface area contributed by atoms with Gasteiger partial charge in [-0.2, -0.15) is 0 Å². The highest BCUT2D eigenvalue weighted by atomic mass is 35.5. The molecule has 0 aliphatic carbocycles. The monoisotopic (exact) mass is 327 g/mol. The second-order valence-electron chi connectivity index (χ2n) is 4.28. The van der Waals surface area contributed by atoms with Crippen LogP contribution in [0.5, 0.6) is 0 Å². The minimum atomic E-state index is -0.489. The lowest BCUT2D eigenvalue weighted by Crippen LogP contribution is -2.08. The predicted molar refractivity (Wildman–Crippen MR) is 81.5 cm³/mol. The number of halogens is 3. The van der Waals surface area contributed by atoms with Gasteiger partial charge in [-0.05, 0) is 35.9 Å². The molecule has 0 radical (unpaired) electrons. The zero-order chi connectivity index (χ0) is 15.4. The summed E-state index contributed by atoms with van der Waals surface area (Å²) in [6.45, 7) is 0.381. The van der Waals surface area contributed by atoms with Crippen molar-refractivity contribution in [1.29, 1.82) is 0 Å². The molecular formula is C15H12Cl2FNO2. The van der Waals surface area contributed by atoms with E-state index in [-0.39, 0.29) is 5.02 Å². The normalized spacial score (nSPS) is 10.3. The quantitative estimate of drug-likeness (QED) is 0.838. The Kier molecular flexibility index (Phi) is 5.04. The molecule has 2 rings (SSSR count). The zero-order valence-electron chi connectivity index (χ0n) is 11.1. The molecule has 0 heterocycles. The lowest BCUT2D eigenvalue weighted by molar-refractivity contribution is 0.0602. The van der Waals surface area contributed by atoms with E-state index >= 15 is 0 Å². The Bertz CT molecular complexity index is 677. The van der Waals surface area contributed by atoms with Crippen molar-refractivity contribution in [2.45, 2.75) is 6.54 Å². The van der Waals surface area contributed by atoms with Crippen molar-refractivity contribution in [3.63, 3.8) is 0 Å². The van der Waals surface area contributed by atoms with E-state index in [0.29, 0.717) is 22.8 Å². The summed E-state index contributed by atoms with van der Waals surface area (Å²) in [5.74, 6) is -0.959. The number of hydrogen-bond acceptors (Lipinski definition) is 3. The largest absolute Gasteiger partial charge is 0.465 e. The number of esters is 1. The van der Waals surface area contributed by atoms with Crippen molar-refractivity contribution in [2.24, 2.45) is 0 Å². The van der Waals surface area contributed by atoms with Gasteiger partial charge in [-0.1, -0.05) is 29.3 Å². The molecule has 2 aromatic rings. The molecule has 0 aromatic heterocycles. The van der Waals surface area contributed by atoms with E-state index in [9.17, 15) is 9.18 Å². The average molecular weight is 328 g/mol. The van der Waals surface area contributed by atoms with Crippen LogP contribution in [-0.2, 0) is 11.3 Å². The first-order valence-electron chi connectivity index (χ1n) is 6.07. The molecule has 0 atom stereocenters. The van der Waals surface area contributed by atoms with E-state index in [1.807, 2.05) is 0 Å². The molecule has 110 valence electrons. The third-order valence-corrected chi connectivity index (χ3v) is 3.38. The number of ether oxygens (including phenoxy) is 1. The van der Waals surface area contributed by atoms with Crippen LogP contribution < -0.4 is 5.32 Å². The number of carbonyl (C=O) groups excluding carboxylic acids is 1. The van der Waals surface area contributed by atoms with Gasteiger partial charge >= 0.3 is 5.97 Å². The van der Waals surface area contributed by atoms with Crippen LogP contribution in [0, 0.1) is 5.82 Å². The highest BCUT2D eigenvalue weighted by Crippen LogP contribution is 2.23. The summed E-state index contributed by atoms with van der Waals surface area (Å²) in [6.07, 6.45) is 0. The lowest BCUT2D eigenvalue weighted by atomic mass is 10.1. The molecular weight excluding hydrogens is 316 g/mol. The standard InChI is InChI=1S/C15H12Cl2FNO2/c1-21-15(20)11-7-10(16)3-5-14(11)19-8-9-2-4-13(18)12(17)6-9/h2-7,19H,8H2,1H3. The second-order valence-corrected chi connectivity index (χ2v) is 5.13. The Morgan fingerprint density at radius 2 is 2.00 bits per heavy atom. The number of benzene rings is 2. The number of anilines is 1. The van der Waals surface area contributed by atoms with Gasteiger partial charge in [0, 0.05) is 17.3 Å². The third kappa shape index (κ3) is 3.86. The smallest absolute Gasteiger partial charge is 0.340 e. The van der Waals surface area contributed by atoms with Crippen LogP contribution in [0.3, 0.4) is 0 Å². The Balaban J connectivity index is 2.19. The fourth-order valence-corrected chi connectivity index (χ4v) is 2.17. The summed E-state index contributed by atoms with van der Waals surface area (Å²) in [5.41, 5.74) is 1.69. The summed E-state index contributed by atoms with van der Waals surface area (Å²) in [6, 6.07) is 9.29. The van der Waals surface area contributed by atoms with Crippen molar-refractivity contribution >= 4 is 34.9 Å². The highest BCUT2D eigenvalue weighted by molar-refractivity contribution is 6.31. The predicted octanol–water partition coefficient (Wildman–Crippen LogP) is 4.53. The number of nitrogens with one attached hydrogen (secondary N) is 1.